The predicted octanol–water partition coefficient (Wildman–Crippen LogP) is 1.65. The third-order valence-corrected chi connectivity index (χ3v) is 2.66. The van der Waals surface area contributed by atoms with Gasteiger partial charge in [0, 0.05) is 25.5 Å². The van der Waals surface area contributed by atoms with Crippen molar-refractivity contribution in [2.24, 2.45) is 5.73 Å². The quantitative estimate of drug-likeness (QED) is 0.910. The zero-order chi connectivity index (χ0) is 13.8. The number of nitrogens with zero attached hydrogens (tertiary/aromatic N) is 2. The molecule has 2 N–H and O–H groups in total. The summed E-state index contributed by atoms with van der Waals surface area (Å²) < 4.78 is 20.4. The molecule has 0 amide bonds. The summed E-state index contributed by atoms with van der Waals surface area (Å²) in [4.78, 5) is 15.7. The van der Waals surface area contributed by atoms with Gasteiger partial charge >= 0.3 is 5.56 Å². The fourth-order valence-corrected chi connectivity index (χ4v) is 1.60. The SMILES string of the molecule is CCn1ccnc(Oc2ccc(CN)cc2F)c1=O. The van der Waals surface area contributed by atoms with Crippen LogP contribution in [0, 0.1) is 5.82 Å². The van der Waals surface area contributed by atoms with Gasteiger partial charge in [-0.1, -0.05) is 6.07 Å². The van der Waals surface area contributed by atoms with Crippen molar-refractivity contribution in [2.45, 2.75) is 20.0 Å². The van der Waals surface area contributed by atoms with Crippen LogP contribution in [-0.4, -0.2) is 9.55 Å². The lowest BCUT2D eigenvalue weighted by Gasteiger charge is -2.08. The molecule has 2 aromatic rings. The number of aromatic nitrogens is 2. The van der Waals surface area contributed by atoms with E-state index in [4.69, 9.17) is 10.5 Å². The molecule has 0 saturated heterocycles. The van der Waals surface area contributed by atoms with E-state index in [1.54, 1.807) is 12.3 Å². The predicted molar refractivity (Wildman–Crippen MR) is 68.5 cm³/mol. The maximum absolute atomic E-state index is 13.7. The molecule has 0 spiro atoms. The van der Waals surface area contributed by atoms with Crippen LogP contribution in [0.3, 0.4) is 0 Å². The molecule has 5 nitrogen and oxygen atoms in total. The third-order valence-electron chi connectivity index (χ3n) is 2.66. The van der Waals surface area contributed by atoms with Gasteiger partial charge in [-0.3, -0.25) is 4.79 Å². The lowest BCUT2D eigenvalue weighted by atomic mass is 10.2. The molecule has 0 fully saturated rings. The number of benzene rings is 1. The van der Waals surface area contributed by atoms with Gasteiger partial charge in [0.25, 0.3) is 5.88 Å². The van der Waals surface area contributed by atoms with E-state index in [0.29, 0.717) is 12.1 Å². The highest BCUT2D eigenvalue weighted by Crippen LogP contribution is 2.21. The molecule has 0 bridgehead atoms. The first-order chi connectivity index (χ1) is 9.15. The van der Waals surface area contributed by atoms with E-state index >= 15 is 0 Å². The molecule has 2 rings (SSSR count). The zero-order valence-corrected chi connectivity index (χ0v) is 10.5. The second-order valence-corrected chi connectivity index (χ2v) is 3.89. The first-order valence-corrected chi connectivity index (χ1v) is 5.87. The molecule has 19 heavy (non-hydrogen) atoms. The van der Waals surface area contributed by atoms with Crippen molar-refractivity contribution in [3.05, 3.63) is 52.3 Å². The molecule has 0 aliphatic heterocycles. The molecule has 0 unspecified atom stereocenters. The van der Waals surface area contributed by atoms with Crippen molar-refractivity contribution < 1.29 is 9.13 Å². The van der Waals surface area contributed by atoms with Crippen LogP contribution in [0.25, 0.3) is 0 Å². The summed E-state index contributed by atoms with van der Waals surface area (Å²) in [6.07, 6.45) is 2.98. The standard InChI is InChI=1S/C13H14FN3O2/c1-2-17-6-5-16-12(13(17)18)19-11-4-3-9(8-15)7-10(11)14/h3-7H,2,8,15H2,1H3. The summed E-state index contributed by atoms with van der Waals surface area (Å²) in [5, 5.41) is 0. The first kappa shape index (κ1) is 13.2. The minimum atomic E-state index is -0.573. The third kappa shape index (κ3) is 2.79. The van der Waals surface area contributed by atoms with Crippen LogP contribution in [0.2, 0.25) is 0 Å². The Bertz CT molecular complexity index is 640. The van der Waals surface area contributed by atoms with Crippen LogP contribution >= 0.6 is 0 Å². The van der Waals surface area contributed by atoms with E-state index in [-0.39, 0.29) is 18.2 Å². The van der Waals surface area contributed by atoms with Crippen LogP contribution in [0.4, 0.5) is 4.39 Å². The number of aryl methyl sites for hydroxylation is 1. The smallest absolute Gasteiger partial charge is 0.313 e. The van der Waals surface area contributed by atoms with Crippen molar-refractivity contribution in [1.82, 2.24) is 9.55 Å². The van der Waals surface area contributed by atoms with Gasteiger partial charge in [-0.15, -0.1) is 0 Å². The average molecular weight is 263 g/mol. The summed E-state index contributed by atoms with van der Waals surface area (Å²) in [5.41, 5.74) is 5.66. The van der Waals surface area contributed by atoms with Crippen molar-refractivity contribution in [3.8, 4) is 11.6 Å². The number of nitrogens with two attached hydrogens (primary N) is 1. The fourth-order valence-electron chi connectivity index (χ4n) is 1.60. The Morgan fingerprint density at radius 2 is 2.26 bits per heavy atom. The van der Waals surface area contributed by atoms with Crippen LogP contribution in [-0.2, 0) is 13.1 Å². The average Bonchev–Trinajstić information content (AvgIpc) is 2.43. The fraction of sp³-hybridized carbons (Fsp3) is 0.231. The van der Waals surface area contributed by atoms with Gasteiger partial charge in [0.05, 0.1) is 0 Å². The van der Waals surface area contributed by atoms with Crippen LogP contribution in [0.1, 0.15) is 12.5 Å². The summed E-state index contributed by atoms with van der Waals surface area (Å²) in [6.45, 7) is 2.55. The molecule has 1 aromatic carbocycles. The normalized spacial score (nSPS) is 10.5. The molecule has 6 heteroatoms. The van der Waals surface area contributed by atoms with E-state index in [2.05, 4.69) is 4.98 Å². The highest BCUT2D eigenvalue weighted by molar-refractivity contribution is 5.31. The van der Waals surface area contributed by atoms with Gasteiger partial charge in [-0.25, -0.2) is 9.37 Å². The van der Waals surface area contributed by atoms with E-state index in [9.17, 15) is 9.18 Å². The number of hydrogen-bond donors (Lipinski definition) is 1. The minimum Gasteiger partial charge on any atom is -0.432 e. The second-order valence-electron chi connectivity index (χ2n) is 3.89. The Balaban J connectivity index is 2.34. The van der Waals surface area contributed by atoms with Crippen molar-refractivity contribution in [1.29, 1.82) is 0 Å². The van der Waals surface area contributed by atoms with Gasteiger partial charge in [0.1, 0.15) is 0 Å². The van der Waals surface area contributed by atoms with Gasteiger partial charge in [-0.2, -0.15) is 0 Å². The van der Waals surface area contributed by atoms with E-state index in [0.717, 1.165) is 0 Å². The Kier molecular flexibility index (Phi) is 3.91. The molecule has 0 saturated carbocycles. The van der Waals surface area contributed by atoms with E-state index in [1.165, 1.54) is 22.9 Å². The van der Waals surface area contributed by atoms with Crippen molar-refractivity contribution in [2.75, 3.05) is 0 Å². The van der Waals surface area contributed by atoms with Crippen LogP contribution in [0.5, 0.6) is 11.6 Å². The number of rotatable bonds is 4. The van der Waals surface area contributed by atoms with Crippen molar-refractivity contribution >= 4 is 0 Å². The van der Waals surface area contributed by atoms with Gasteiger partial charge in [-0.05, 0) is 24.6 Å². The zero-order valence-electron chi connectivity index (χ0n) is 10.5. The van der Waals surface area contributed by atoms with Gasteiger partial charge in [0.2, 0.25) is 0 Å². The molecule has 0 aliphatic carbocycles. The Hall–Kier alpha value is -2.21. The van der Waals surface area contributed by atoms with Crippen molar-refractivity contribution in [3.63, 3.8) is 0 Å². The summed E-state index contributed by atoms with van der Waals surface area (Å²) in [6, 6.07) is 4.35. The molecule has 0 atom stereocenters. The van der Waals surface area contributed by atoms with Gasteiger partial charge < -0.3 is 15.0 Å². The topological polar surface area (TPSA) is 70.1 Å². The van der Waals surface area contributed by atoms with Crippen LogP contribution in [0.15, 0.2) is 35.4 Å². The highest BCUT2D eigenvalue weighted by atomic mass is 19.1. The molecule has 100 valence electrons. The van der Waals surface area contributed by atoms with Gasteiger partial charge in [0.15, 0.2) is 11.6 Å². The monoisotopic (exact) mass is 263 g/mol. The Morgan fingerprint density at radius 3 is 2.89 bits per heavy atom. The molecular formula is C13H14FN3O2. The van der Waals surface area contributed by atoms with Crippen LogP contribution < -0.4 is 16.0 Å². The molecule has 1 heterocycles. The molecule has 1 aromatic heterocycles. The molecule has 0 aliphatic rings. The summed E-state index contributed by atoms with van der Waals surface area (Å²) in [5.74, 6) is -0.768. The maximum Gasteiger partial charge on any atom is 0.313 e. The molecular weight excluding hydrogens is 249 g/mol. The second kappa shape index (κ2) is 5.62. The molecule has 0 radical (unpaired) electrons. The minimum absolute atomic E-state index is 0.0457. The highest BCUT2D eigenvalue weighted by Gasteiger charge is 2.10. The number of hydrogen-bond acceptors (Lipinski definition) is 4. The largest absolute Gasteiger partial charge is 0.432 e. The summed E-state index contributed by atoms with van der Waals surface area (Å²) in [7, 11) is 0. The summed E-state index contributed by atoms with van der Waals surface area (Å²) >= 11 is 0. The van der Waals surface area contributed by atoms with E-state index in [1.807, 2.05) is 6.92 Å². The first-order valence-electron chi connectivity index (χ1n) is 5.87. The number of ether oxygens (including phenoxy) is 1. The Morgan fingerprint density at radius 1 is 1.47 bits per heavy atom. The number of halogens is 1. The Labute approximate surface area is 109 Å². The lowest BCUT2D eigenvalue weighted by molar-refractivity contribution is 0.414. The maximum atomic E-state index is 13.7. The van der Waals surface area contributed by atoms with E-state index < -0.39 is 11.4 Å². The lowest BCUT2D eigenvalue weighted by Crippen LogP contribution is -2.20.